The molecule has 1 aromatic heterocycles. The molecule has 0 saturated heterocycles. The number of benzene rings is 2. The Morgan fingerprint density at radius 3 is 2.50 bits per heavy atom. The van der Waals surface area contributed by atoms with E-state index in [2.05, 4.69) is 15.6 Å². The first-order chi connectivity index (χ1) is 11.5. The molecule has 1 atom stereocenters. The predicted molar refractivity (Wildman–Crippen MR) is 93.3 cm³/mol. The standard InChI is InChI=1S/C18H20N4O2/c1-11-9-16-17(10-12(11)2)22(21-20-16)13(3)18(23)19-14-5-7-15(24-4)8-6-14/h5-10,13H,1-4H3,(H,19,23). The van der Waals surface area contributed by atoms with Crippen molar-refractivity contribution in [3.05, 3.63) is 47.5 Å². The molecule has 3 rings (SSSR count). The van der Waals surface area contributed by atoms with Gasteiger partial charge in [0.15, 0.2) is 0 Å². The molecule has 0 saturated carbocycles. The minimum Gasteiger partial charge on any atom is -0.497 e. The summed E-state index contributed by atoms with van der Waals surface area (Å²) < 4.78 is 6.77. The van der Waals surface area contributed by atoms with Crippen molar-refractivity contribution in [1.29, 1.82) is 0 Å². The van der Waals surface area contributed by atoms with E-state index in [4.69, 9.17) is 4.74 Å². The zero-order valence-corrected chi connectivity index (χ0v) is 14.2. The molecule has 0 aliphatic rings. The van der Waals surface area contributed by atoms with E-state index >= 15 is 0 Å². The number of aryl methyl sites for hydroxylation is 2. The van der Waals surface area contributed by atoms with Crippen molar-refractivity contribution in [2.45, 2.75) is 26.8 Å². The number of carbonyl (C=O) groups is 1. The highest BCUT2D eigenvalue weighted by Crippen LogP contribution is 2.21. The number of methoxy groups -OCH3 is 1. The molecule has 0 spiro atoms. The average Bonchev–Trinajstić information content (AvgIpc) is 2.97. The Morgan fingerprint density at radius 2 is 1.83 bits per heavy atom. The van der Waals surface area contributed by atoms with Crippen molar-refractivity contribution < 1.29 is 9.53 Å². The molecule has 1 unspecified atom stereocenters. The number of rotatable bonds is 4. The van der Waals surface area contributed by atoms with E-state index in [1.54, 1.807) is 36.1 Å². The molecule has 124 valence electrons. The zero-order valence-electron chi connectivity index (χ0n) is 14.2. The topological polar surface area (TPSA) is 69.0 Å². The van der Waals surface area contributed by atoms with Gasteiger partial charge in [0.2, 0.25) is 5.91 Å². The fourth-order valence-electron chi connectivity index (χ4n) is 2.51. The van der Waals surface area contributed by atoms with E-state index in [-0.39, 0.29) is 5.91 Å². The summed E-state index contributed by atoms with van der Waals surface area (Å²) in [4.78, 5) is 12.5. The van der Waals surface area contributed by atoms with Gasteiger partial charge in [-0.3, -0.25) is 4.79 Å². The molecule has 0 fully saturated rings. The van der Waals surface area contributed by atoms with Gasteiger partial charge in [0, 0.05) is 5.69 Å². The summed E-state index contributed by atoms with van der Waals surface area (Å²) in [6.45, 7) is 5.88. The lowest BCUT2D eigenvalue weighted by Crippen LogP contribution is -2.24. The fourth-order valence-corrected chi connectivity index (χ4v) is 2.51. The van der Waals surface area contributed by atoms with Gasteiger partial charge in [0.1, 0.15) is 17.3 Å². The van der Waals surface area contributed by atoms with Crippen LogP contribution in [0.3, 0.4) is 0 Å². The SMILES string of the molecule is COc1ccc(NC(=O)C(C)n2nnc3cc(C)c(C)cc32)cc1. The first-order valence-electron chi connectivity index (χ1n) is 7.76. The van der Waals surface area contributed by atoms with Crippen molar-refractivity contribution >= 4 is 22.6 Å². The molecular formula is C18H20N4O2. The highest BCUT2D eigenvalue weighted by atomic mass is 16.5. The number of fused-ring (bicyclic) bond motifs is 1. The first-order valence-corrected chi connectivity index (χ1v) is 7.76. The largest absolute Gasteiger partial charge is 0.497 e. The minimum absolute atomic E-state index is 0.148. The van der Waals surface area contributed by atoms with Crippen molar-refractivity contribution in [2.24, 2.45) is 0 Å². The van der Waals surface area contributed by atoms with Crippen molar-refractivity contribution in [2.75, 3.05) is 12.4 Å². The van der Waals surface area contributed by atoms with E-state index in [1.165, 1.54) is 0 Å². The quantitative estimate of drug-likeness (QED) is 0.800. The number of nitrogens with one attached hydrogen (secondary N) is 1. The van der Waals surface area contributed by atoms with Crippen LogP contribution in [0.15, 0.2) is 36.4 Å². The maximum atomic E-state index is 12.5. The molecule has 0 bridgehead atoms. The Bertz CT molecular complexity index is 884. The second kappa shape index (κ2) is 6.31. The Hall–Kier alpha value is -2.89. The predicted octanol–water partition coefficient (Wildman–Crippen LogP) is 3.26. The van der Waals surface area contributed by atoms with E-state index in [1.807, 2.05) is 32.9 Å². The van der Waals surface area contributed by atoms with Crippen LogP contribution in [0.5, 0.6) is 5.75 Å². The molecule has 1 heterocycles. The maximum Gasteiger partial charge on any atom is 0.249 e. The molecular weight excluding hydrogens is 304 g/mol. The number of amides is 1. The Balaban J connectivity index is 1.83. The first kappa shape index (κ1) is 16.0. The summed E-state index contributed by atoms with van der Waals surface area (Å²) in [7, 11) is 1.61. The van der Waals surface area contributed by atoms with Crippen molar-refractivity contribution in [3.8, 4) is 5.75 Å². The van der Waals surface area contributed by atoms with Crippen molar-refractivity contribution in [1.82, 2.24) is 15.0 Å². The van der Waals surface area contributed by atoms with Gasteiger partial charge < -0.3 is 10.1 Å². The Kier molecular flexibility index (Phi) is 4.20. The van der Waals surface area contributed by atoms with Gasteiger partial charge in [-0.2, -0.15) is 0 Å². The number of hydrogen-bond acceptors (Lipinski definition) is 4. The minimum atomic E-state index is -0.473. The molecule has 2 aromatic carbocycles. The molecule has 3 aromatic rings. The number of hydrogen-bond donors (Lipinski definition) is 1. The molecule has 0 aliphatic heterocycles. The van der Waals surface area contributed by atoms with Gasteiger partial charge in [-0.25, -0.2) is 4.68 Å². The second-order valence-corrected chi connectivity index (χ2v) is 5.85. The molecule has 1 N–H and O–H groups in total. The lowest BCUT2D eigenvalue weighted by Gasteiger charge is -2.13. The zero-order chi connectivity index (χ0) is 17.3. The van der Waals surface area contributed by atoms with Crippen LogP contribution in [0.1, 0.15) is 24.1 Å². The highest BCUT2D eigenvalue weighted by Gasteiger charge is 2.19. The highest BCUT2D eigenvalue weighted by molar-refractivity contribution is 5.94. The lowest BCUT2D eigenvalue weighted by molar-refractivity contribution is -0.119. The van der Waals surface area contributed by atoms with Crippen LogP contribution < -0.4 is 10.1 Å². The van der Waals surface area contributed by atoms with E-state index in [0.717, 1.165) is 27.9 Å². The smallest absolute Gasteiger partial charge is 0.249 e. The summed E-state index contributed by atoms with van der Waals surface area (Å²) in [6, 6.07) is 10.7. The number of carbonyl (C=O) groups excluding carboxylic acids is 1. The molecule has 1 amide bonds. The fraction of sp³-hybridized carbons (Fsp3) is 0.278. The summed E-state index contributed by atoms with van der Waals surface area (Å²) in [5, 5.41) is 11.2. The molecule has 6 heteroatoms. The van der Waals surface area contributed by atoms with Gasteiger partial charge >= 0.3 is 0 Å². The number of anilines is 1. The molecule has 0 radical (unpaired) electrons. The molecule has 24 heavy (non-hydrogen) atoms. The van der Waals surface area contributed by atoms with E-state index in [9.17, 15) is 4.79 Å². The second-order valence-electron chi connectivity index (χ2n) is 5.85. The van der Waals surface area contributed by atoms with Crippen LogP contribution >= 0.6 is 0 Å². The summed E-state index contributed by atoms with van der Waals surface area (Å²) in [5.74, 6) is 0.597. The third-order valence-electron chi connectivity index (χ3n) is 4.19. The van der Waals surface area contributed by atoms with Gasteiger partial charge in [0.25, 0.3) is 0 Å². The van der Waals surface area contributed by atoms with Crippen LogP contribution in [-0.4, -0.2) is 28.0 Å². The van der Waals surface area contributed by atoms with Crippen LogP contribution in [0.25, 0.3) is 11.0 Å². The van der Waals surface area contributed by atoms with E-state index < -0.39 is 6.04 Å². The molecule has 6 nitrogen and oxygen atoms in total. The van der Waals surface area contributed by atoms with Gasteiger partial charge in [-0.1, -0.05) is 5.21 Å². The van der Waals surface area contributed by atoms with Crippen LogP contribution in [-0.2, 0) is 4.79 Å². The van der Waals surface area contributed by atoms with Crippen LogP contribution in [0, 0.1) is 13.8 Å². The third-order valence-corrected chi connectivity index (χ3v) is 4.19. The summed E-state index contributed by atoms with van der Waals surface area (Å²) in [5.41, 5.74) is 4.67. The monoisotopic (exact) mass is 324 g/mol. The number of ether oxygens (including phenoxy) is 1. The van der Waals surface area contributed by atoms with Gasteiger partial charge in [0.05, 0.1) is 12.6 Å². The number of aromatic nitrogens is 3. The van der Waals surface area contributed by atoms with Gasteiger partial charge in [-0.15, -0.1) is 5.10 Å². The van der Waals surface area contributed by atoms with E-state index in [0.29, 0.717) is 5.69 Å². The van der Waals surface area contributed by atoms with Crippen molar-refractivity contribution in [3.63, 3.8) is 0 Å². The molecule has 0 aliphatic carbocycles. The normalized spacial score (nSPS) is 12.2. The van der Waals surface area contributed by atoms with Crippen LogP contribution in [0.4, 0.5) is 5.69 Å². The summed E-state index contributed by atoms with van der Waals surface area (Å²) >= 11 is 0. The maximum absolute atomic E-state index is 12.5. The van der Waals surface area contributed by atoms with Gasteiger partial charge in [-0.05, 0) is 68.3 Å². The Labute approximate surface area is 140 Å². The number of nitrogens with zero attached hydrogens (tertiary/aromatic N) is 3. The lowest BCUT2D eigenvalue weighted by atomic mass is 10.1. The average molecular weight is 324 g/mol. The Morgan fingerprint density at radius 1 is 1.17 bits per heavy atom. The summed E-state index contributed by atoms with van der Waals surface area (Å²) in [6.07, 6.45) is 0. The third kappa shape index (κ3) is 2.95. The van der Waals surface area contributed by atoms with Crippen LogP contribution in [0.2, 0.25) is 0 Å².